The third kappa shape index (κ3) is 5.98. The van der Waals surface area contributed by atoms with Crippen molar-refractivity contribution in [3.63, 3.8) is 0 Å². The van der Waals surface area contributed by atoms with Crippen molar-refractivity contribution in [2.45, 2.75) is 13.5 Å². The molecule has 4 rings (SSSR count). The van der Waals surface area contributed by atoms with E-state index < -0.39 is 11.1 Å². The zero-order chi connectivity index (χ0) is 24.9. The molecule has 2 aromatic carbocycles. The number of carbonyl (C=O) groups excluding carboxylic acids is 3. The Kier molecular flexibility index (Phi) is 8.00. The molecule has 0 bridgehead atoms. The number of morpholine rings is 1. The van der Waals surface area contributed by atoms with Crippen molar-refractivity contribution >= 4 is 46.5 Å². The van der Waals surface area contributed by atoms with Crippen molar-refractivity contribution in [2.75, 3.05) is 40.0 Å². The van der Waals surface area contributed by atoms with Crippen LogP contribution in [0.5, 0.6) is 11.5 Å². The Hall–Kier alpha value is -3.01. The van der Waals surface area contributed by atoms with E-state index in [-0.39, 0.29) is 17.4 Å². The van der Waals surface area contributed by atoms with Gasteiger partial charge in [0.05, 0.1) is 30.3 Å². The van der Waals surface area contributed by atoms with Crippen LogP contribution in [0.2, 0.25) is 5.02 Å². The van der Waals surface area contributed by atoms with Gasteiger partial charge in [-0.2, -0.15) is 0 Å². The van der Waals surface area contributed by atoms with E-state index >= 15 is 0 Å². The van der Waals surface area contributed by atoms with E-state index in [4.69, 9.17) is 25.8 Å². The van der Waals surface area contributed by atoms with E-state index in [1.165, 1.54) is 7.11 Å². The molecule has 0 aromatic heterocycles. The molecule has 2 aliphatic rings. The van der Waals surface area contributed by atoms with E-state index in [0.717, 1.165) is 27.8 Å². The number of ether oxygens (including phenoxy) is 3. The second kappa shape index (κ2) is 11.2. The number of halogens is 1. The van der Waals surface area contributed by atoms with Crippen LogP contribution in [0.15, 0.2) is 41.3 Å². The van der Waals surface area contributed by atoms with Crippen LogP contribution < -0.4 is 9.47 Å². The van der Waals surface area contributed by atoms with Crippen LogP contribution in [0.25, 0.3) is 6.08 Å². The lowest BCUT2D eigenvalue weighted by atomic mass is 10.1. The molecule has 0 N–H and O–H groups in total. The molecule has 0 aliphatic carbocycles. The molecule has 10 heteroatoms. The van der Waals surface area contributed by atoms with Crippen molar-refractivity contribution in [1.29, 1.82) is 0 Å². The highest BCUT2D eigenvalue weighted by Gasteiger charge is 2.37. The second-order valence-corrected chi connectivity index (χ2v) is 9.47. The van der Waals surface area contributed by atoms with Gasteiger partial charge >= 0.3 is 0 Å². The van der Waals surface area contributed by atoms with Crippen LogP contribution in [0.1, 0.15) is 16.7 Å². The molecule has 2 fully saturated rings. The lowest BCUT2D eigenvalue weighted by Gasteiger charge is -2.28. The molecular formula is C25H25ClN2O6S. The molecule has 8 nitrogen and oxygen atoms in total. The number of thioether (sulfide) groups is 1. The summed E-state index contributed by atoms with van der Waals surface area (Å²) in [5, 5.41) is -0.177. The zero-order valence-electron chi connectivity index (χ0n) is 19.4. The monoisotopic (exact) mass is 516 g/mol. The maximum absolute atomic E-state index is 12.9. The van der Waals surface area contributed by atoms with Gasteiger partial charge in [-0.1, -0.05) is 41.4 Å². The molecule has 35 heavy (non-hydrogen) atoms. The van der Waals surface area contributed by atoms with Crippen LogP contribution in [0.4, 0.5) is 4.79 Å². The summed E-state index contributed by atoms with van der Waals surface area (Å²) in [6.07, 6.45) is 1.56. The lowest BCUT2D eigenvalue weighted by molar-refractivity contribution is -0.139. The van der Waals surface area contributed by atoms with Gasteiger partial charge in [-0.3, -0.25) is 19.3 Å². The standard InChI is InChI=1S/C25H25ClN2O6S/c1-16-4-3-5-17(10-16)15-34-23-19(26)11-18(12-20(23)32-2)13-21-24(30)28(25(31)35-21)14-22(29)27-6-8-33-9-7-27/h3-5,10-13H,6-9,14-15H2,1-2H3/b21-13+. The Morgan fingerprint density at radius 2 is 1.97 bits per heavy atom. The summed E-state index contributed by atoms with van der Waals surface area (Å²) in [4.78, 5) is 40.6. The average Bonchev–Trinajstić information content (AvgIpc) is 3.10. The SMILES string of the molecule is COc1cc(/C=C2/SC(=O)N(CC(=O)N3CCOCC3)C2=O)cc(Cl)c1OCc1cccc(C)c1. The second-order valence-electron chi connectivity index (χ2n) is 8.07. The summed E-state index contributed by atoms with van der Waals surface area (Å²) in [7, 11) is 1.50. The average molecular weight is 517 g/mol. The number of benzene rings is 2. The first-order valence-corrected chi connectivity index (χ1v) is 12.2. The predicted octanol–water partition coefficient (Wildman–Crippen LogP) is 4.13. The van der Waals surface area contributed by atoms with Gasteiger partial charge in [-0.15, -0.1) is 0 Å². The fourth-order valence-electron chi connectivity index (χ4n) is 3.76. The Labute approximate surface area is 212 Å². The zero-order valence-corrected chi connectivity index (χ0v) is 21.0. The largest absolute Gasteiger partial charge is 0.493 e. The fourth-order valence-corrected chi connectivity index (χ4v) is 4.87. The minimum atomic E-state index is -0.517. The molecule has 3 amide bonds. The first-order valence-electron chi connectivity index (χ1n) is 11.0. The highest BCUT2D eigenvalue weighted by molar-refractivity contribution is 8.18. The molecule has 2 heterocycles. The molecule has 0 spiro atoms. The number of rotatable bonds is 7. The molecule has 2 saturated heterocycles. The minimum Gasteiger partial charge on any atom is -0.493 e. The van der Waals surface area contributed by atoms with Gasteiger partial charge in [0.2, 0.25) is 5.91 Å². The Morgan fingerprint density at radius 3 is 2.69 bits per heavy atom. The normalized spacial score (nSPS) is 17.3. The molecule has 0 radical (unpaired) electrons. The Bertz CT molecular complexity index is 1180. The molecule has 0 saturated carbocycles. The van der Waals surface area contributed by atoms with Crippen molar-refractivity contribution < 1.29 is 28.6 Å². The molecular weight excluding hydrogens is 492 g/mol. The summed E-state index contributed by atoms with van der Waals surface area (Å²) < 4.78 is 16.6. The van der Waals surface area contributed by atoms with Crippen LogP contribution in [-0.2, 0) is 20.9 Å². The van der Waals surface area contributed by atoms with Crippen molar-refractivity contribution in [1.82, 2.24) is 9.80 Å². The smallest absolute Gasteiger partial charge is 0.294 e. The quantitative estimate of drug-likeness (QED) is 0.511. The van der Waals surface area contributed by atoms with E-state index in [0.29, 0.717) is 55.0 Å². The number of hydrogen-bond donors (Lipinski definition) is 0. The van der Waals surface area contributed by atoms with E-state index in [9.17, 15) is 14.4 Å². The molecule has 2 aliphatic heterocycles. The van der Waals surface area contributed by atoms with Crippen LogP contribution >= 0.6 is 23.4 Å². The fraction of sp³-hybridized carbons (Fsp3) is 0.320. The molecule has 0 unspecified atom stereocenters. The highest BCUT2D eigenvalue weighted by Crippen LogP contribution is 2.39. The molecule has 184 valence electrons. The van der Waals surface area contributed by atoms with Gasteiger partial charge < -0.3 is 19.1 Å². The van der Waals surface area contributed by atoms with Gasteiger partial charge in [0.15, 0.2) is 11.5 Å². The molecule has 2 aromatic rings. The van der Waals surface area contributed by atoms with Gasteiger partial charge in [-0.25, -0.2) is 0 Å². The summed E-state index contributed by atoms with van der Waals surface area (Å²) in [5.41, 5.74) is 2.69. The maximum Gasteiger partial charge on any atom is 0.294 e. The first kappa shape index (κ1) is 25.1. The van der Waals surface area contributed by atoms with Gasteiger partial charge in [0.25, 0.3) is 11.1 Å². The van der Waals surface area contributed by atoms with Crippen molar-refractivity contribution in [3.05, 3.63) is 63.0 Å². The van der Waals surface area contributed by atoms with Crippen molar-refractivity contribution in [2.24, 2.45) is 0 Å². The van der Waals surface area contributed by atoms with E-state index in [1.807, 2.05) is 31.2 Å². The Morgan fingerprint density at radius 1 is 1.20 bits per heavy atom. The lowest BCUT2D eigenvalue weighted by Crippen LogP contribution is -2.46. The summed E-state index contributed by atoms with van der Waals surface area (Å²) >= 11 is 7.27. The van der Waals surface area contributed by atoms with Crippen molar-refractivity contribution in [3.8, 4) is 11.5 Å². The van der Waals surface area contributed by atoms with Crippen LogP contribution in [-0.4, -0.2) is 66.8 Å². The highest BCUT2D eigenvalue weighted by atomic mass is 35.5. The topological polar surface area (TPSA) is 85.4 Å². The number of hydrogen-bond acceptors (Lipinski definition) is 7. The number of aryl methyl sites for hydroxylation is 1. The summed E-state index contributed by atoms with van der Waals surface area (Å²) in [6, 6.07) is 11.3. The van der Waals surface area contributed by atoms with Crippen LogP contribution in [0, 0.1) is 6.92 Å². The minimum absolute atomic E-state index is 0.205. The third-order valence-corrected chi connectivity index (χ3v) is 6.73. The van der Waals surface area contributed by atoms with Gasteiger partial charge in [-0.05, 0) is 48.0 Å². The maximum atomic E-state index is 12.9. The van der Waals surface area contributed by atoms with Gasteiger partial charge in [0.1, 0.15) is 13.2 Å². The first-order chi connectivity index (χ1) is 16.9. The number of nitrogens with zero attached hydrogens (tertiary/aromatic N) is 2. The number of methoxy groups -OCH3 is 1. The predicted molar refractivity (Wildman–Crippen MR) is 134 cm³/mol. The van der Waals surface area contributed by atoms with E-state index in [1.54, 1.807) is 23.1 Å². The summed E-state index contributed by atoms with van der Waals surface area (Å²) in [6.45, 7) is 3.81. The number of amides is 3. The summed E-state index contributed by atoms with van der Waals surface area (Å²) in [5.74, 6) is -0.0108. The molecule has 0 atom stereocenters. The van der Waals surface area contributed by atoms with Crippen LogP contribution in [0.3, 0.4) is 0 Å². The third-order valence-electron chi connectivity index (χ3n) is 5.55. The Balaban J connectivity index is 1.48. The van der Waals surface area contributed by atoms with Gasteiger partial charge in [0, 0.05) is 13.1 Å². The number of carbonyl (C=O) groups is 3. The van der Waals surface area contributed by atoms with E-state index in [2.05, 4.69) is 0 Å². The number of imide groups is 1.